The van der Waals surface area contributed by atoms with Gasteiger partial charge in [0.25, 0.3) is 5.91 Å². The fourth-order valence-corrected chi connectivity index (χ4v) is 1.36. The second-order valence-corrected chi connectivity index (χ2v) is 3.92. The molecule has 100 valence electrons. The average Bonchev–Trinajstić information content (AvgIpc) is 2.38. The summed E-state index contributed by atoms with van der Waals surface area (Å²) in [4.78, 5) is 11.2. The van der Waals surface area contributed by atoms with Crippen LogP contribution in [0, 0.1) is 0 Å². The molecule has 0 saturated carbocycles. The van der Waals surface area contributed by atoms with Crippen molar-refractivity contribution in [3.05, 3.63) is 24.3 Å². The molecule has 1 amide bonds. The van der Waals surface area contributed by atoms with Gasteiger partial charge in [-0.05, 0) is 37.6 Å². The van der Waals surface area contributed by atoms with Crippen LogP contribution >= 0.6 is 0 Å². The maximum absolute atomic E-state index is 11.2. The minimum Gasteiger partial charge on any atom is -0.494 e. The predicted molar refractivity (Wildman–Crippen MR) is 71.0 cm³/mol. The highest BCUT2D eigenvalue weighted by Gasteiger charge is 2.01. The molecule has 0 aliphatic carbocycles. The van der Waals surface area contributed by atoms with Crippen molar-refractivity contribution in [2.45, 2.75) is 26.7 Å². The highest BCUT2D eigenvalue weighted by molar-refractivity contribution is 5.77. The van der Waals surface area contributed by atoms with Crippen molar-refractivity contribution < 1.29 is 14.3 Å². The second kappa shape index (κ2) is 8.39. The highest BCUT2D eigenvalue weighted by Crippen LogP contribution is 2.17. The van der Waals surface area contributed by atoms with Crippen LogP contribution in [0.25, 0.3) is 0 Å². The van der Waals surface area contributed by atoms with E-state index in [0.29, 0.717) is 12.3 Å². The molecule has 0 heterocycles. The van der Waals surface area contributed by atoms with E-state index in [1.165, 1.54) is 0 Å². The van der Waals surface area contributed by atoms with Gasteiger partial charge in [-0.1, -0.05) is 13.3 Å². The monoisotopic (exact) mass is 251 g/mol. The summed E-state index contributed by atoms with van der Waals surface area (Å²) < 4.78 is 10.9. The molecule has 0 radical (unpaired) electrons. The van der Waals surface area contributed by atoms with Gasteiger partial charge in [-0.15, -0.1) is 0 Å². The van der Waals surface area contributed by atoms with Crippen LogP contribution in [0.2, 0.25) is 0 Å². The molecule has 1 aromatic rings. The lowest BCUT2D eigenvalue weighted by molar-refractivity contribution is -0.122. The number of nitrogens with one attached hydrogen (secondary N) is 1. The zero-order valence-electron chi connectivity index (χ0n) is 11.1. The third-order valence-electron chi connectivity index (χ3n) is 2.33. The predicted octanol–water partition coefficient (Wildman–Crippen LogP) is 2.38. The summed E-state index contributed by atoms with van der Waals surface area (Å²) >= 11 is 0. The van der Waals surface area contributed by atoms with Crippen LogP contribution in [0.3, 0.4) is 0 Å². The Kier molecular flexibility index (Phi) is 6.69. The van der Waals surface area contributed by atoms with Crippen LogP contribution in [-0.4, -0.2) is 25.7 Å². The van der Waals surface area contributed by atoms with E-state index in [9.17, 15) is 4.79 Å². The quantitative estimate of drug-likeness (QED) is 0.722. The first-order valence-electron chi connectivity index (χ1n) is 6.38. The van der Waals surface area contributed by atoms with Gasteiger partial charge in [-0.3, -0.25) is 4.79 Å². The molecule has 0 aromatic heterocycles. The van der Waals surface area contributed by atoms with Crippen LogP contribution < -0.4 is 14.8 Å². The first-order chi connectivity index (χ1) is 8.76. The third-order valence-corrected chi connectivity index (χ3v) is 2.33. The number of benzene rings is 1. The first kappa shape index (κ1) is 14.4. The lowest BCUT2D eigenvalue weighted by Gasteiger charge is -2.08. The van der Waals surface area contributed by atoms with Gasteiger partial charge in [-0.25, -0.2) is 0 Å². The van der Waals surface area contributed by atoms with Gasteiger partial charge in [0, 0.05) is 6.54 Å². The Labute approximate surface area is 108 Å². The van der Waals surface area contributed by atoms with Crippen molar-refractivity contribution in [1.29, 1.82) is 0 Å². The lowest BCUT2D eigenvalue weighted by Crippen LogP contribution is -2.28. The number of ether oxygens (including phenoxy) is 2. The summed E-state index contributed by atoms with van der Waals surface area (Å²) in [6.07, 6.45) is 2.17. The number of hydrogen-bond acceptors (Lipinski definition) is 3. The molecule has 1 rings (SSSR count). The molecule has 0 aliphatic rings. The van der Waals surface area contributed by atoms with Gasteiger partial charge in [0.1, 0.15) is 11.5 Å². The fourth-order valence-electron chi connectivity index (χ4n) is 1.36. The topological polar surface area (TPSA) is 47.6 Å². The van der Waals surface area contributed by atoms with Crippen LogP contribution in [-0.2, 0) is 4.79 Å². The summed E-state index contributed by atoms with van der Waals surface area (Å²) in [5.41, 5.74) is 0. The van der Waals surface area contributed by atoms with Crippen LogP contribution in [0.4, 0.5) is 0 Å². The average molecular weight is 251 g/mol. The van der Waals surface area contributed by atoms with E-state index in [1.807, 2.05) is 19.1 Å². The number of rotatable bonds is 8. The summed E-state index contributed by atoms with van der Waals surface area (Å²) in [7, 11) is 0. The maximum atomic E-state index is 11.2. The van der Waals surface area contributed by atoms with E-state index in [-0.39, 0.29) is 12.5 Å². The Hall–Kier alpha value is -1.71. The van der Waals surface area contributed by atoms with Gasteiger partial charge < -0.3 is 14.8 Å². The van der Waals surface area contributed by atoms with Crippen molar-refractivity contribution in [3.8, 4) is 11.5 Å². The van der Waals surface area contributed by atoms with Crippen LogP contribution in [0.1, 0.15) is 26.7 Å². The molecule has 0 unspecified atom stereocenters. The molecule has 0 saturated heterocycles. The van der Waals surface area contributed by atoms with Gasteiger partial charge in [0.05, 0.1) is 6.61 Å². The Morgan fingerprint density at radius 1 is 1.11 bits per heavy atom. The normalized spacial score (nSPS) is 9.89. The van der Waals surface area contributed by atoms with Crippen molar-refractivity contribution >= 4 is 5.91 Å². The van der Waals surface area contributed by atoms with Crippen molar-refractivity contribution in [1.82, 2.24) is 5.32 Å². The summed E-state index contributed by atoms with van der Waals surface area (Å²) in [6, 6.07) is 7.31. The Bertz CT molecular complexity index is 349. The zero-order chi connectivity index (χ0) is 13.2. The largest absolute Gasteiger partial charge is 0.494 e. The van der Waals surface area contributed by atoms with Gasteiger partial charge >= 0.3 is 0 Å². The third kappa shape index (κ3) is 5.57. The van der Waals surface area contributed by atoms with E-state index >= 15 is 0 Å². The minimum absolute atomic E-state index is 0.0455. The molecular weight excluding hydrogens is 230 g/mol. The first-order valence-corrected chi connectivity index (χ1v) is 6.38. The lowest BCUT2D eigenvalue weighted by atomic mass is 10.3. The van der Waals surface area contributed by atoms with Crippen molar-refractivity contribution in [2.24, 2.45) is 0 Å². The van der Waals surface area contributed by atoms with Gasteiger partial charge in [0.2, 0.25) is 0 Å². The van der Waals surface area contributed by atoms with E-state index in [1.54, 1.807) is 12.1 Å². The fraction of sp³-hybridized carbons (Fsp3) is 0.500. The van der Waals surface area contributed by atoms with Gasteiger partial charge in [0.15, 0.2) is 6.61 Å². The number of unbranched alkanes of at least 4 members (excludes halogenated alkanes) is 1. The number of amides is 1. The Morgan fingerprint density at radius 3 is 2.28 bits per heavy atom. The number of likely N-dealkylation sites (N-methyl/N-ethyl adjacent to an activating group) is 1. The van der Waals surface area contributed by atoms with E-state index in [4.69, 9.17) is 9.47 Å². The molecule has 0 aliphatic heterocycles. The minimum atomic E-state index is -0.110. The van der Waals surface area contributed by atoms with E-state index in [2.05, 4.69) is 12.2 Å². The summed E-state index contributed by atoms with van der Waals surface area (Å²) in [5.74, 6) is 1.39. The van der Waals surface area contributed by atoms with Crippen LogP contribution in [0.15, 0.2) is 24.3 Å². The molecule has 0 fully saturated rings. The zero-order valence-corrected chi connectivity index (χ0v) is 11.1. The molecule has 0 bridgehead atoms. The van der Waals surface area contributed by atoms with Crippen molar-refractivity contribution in [3.63, 3.8) is 0 Å². The SMILES string of the molecule is CCCCOc1ccc(OCC(=O)NCC)cc1. The molecule has 18 heavy (non-hydrogen) atoms. The molecule has 4 nitrogen and oxygen atoms in total. The molecular formula is C14H21NO3. The standard InChI is InChI=1S/C14H21NO3/c1-3-5-10-17-12-6-8-13(9-7-12)18-11-14(16)15-4-2/h6-9H,3-5,10-11H2,1-2H3,(H,15,16). The summed E-state index contributed by atoms with van der Waals surface area (Å²) in [5, 5.41) is 2.67. The van der Waals surface area contributed by atoms with Crippen molar-refractivity contribution in [2.75, 3.05) is 19.8 Å². The smallest absolute Gasteiger partial charge is 0.257 e. The second-order valence-electron chi connectivity index (χ2n) is 3.92. The summed E-state index contributed by atoms with van der Waals surface area (Å²) in [6.45, 7) is 5.40. The number of carbonyl (C=O) groups is 1. The maximum Gasteiger partial charge on any atom is 0.257 e. The molecule has 1 N–H and O–H groups in total. The highest BCUT2D eigenvalue weighted by atomic mass is 16.5. The molecule has 4 heteroatoms. The molecule has 0 atom stereocenters. The Morgan fingerprint density at radius 2 is 1.72 bits per heavy atom. The molecule has 1 aromatic carbocycles. The molecule has 0 spiro atoms. The van der Waals surface area contributed by atoms with E-state index < -0.39 is 0 Å². The van der Waals surface area contributed by atoms with E-state index in [0.717, 1.165) is 25.2 Å². The number of carbonyl (C=O) groups excluding carboxylic acids is 1. The number of hydrogen-bond donors (Lipinski definition) is 1. The van der Waals surface area contributed by atoms with Crippen LogP contribution in [0.5, 0.6) is 11.5 Å². The Balaban J connectivity index is 2.33. The van der Waals surface area contributed by atoms with Gasteiger partial charge in [-0.2, -0.15) is 0 Å².